The summed E-state index contributed by atoms with van der Waals surface area (Å²) in [6, 6.07) is 4.77. The predicted molar refractivity (Wildman–Crippen MR) is 70.4 cm³/mol. The first-order chi connectivity index (χ1) is 9.11. The topological polar surface area (TPSA) is 41.6 Å². The maximum atomic E-state index is 13.6. The first-order valence-corrected chi connectivity index (χ1v) is 6.40. The molecule has 2 rings (SSSR count). The summed E-state index contributed by atoms with van der Waals surface area (Å²) in [6.07, 6.45) is 0.875. The highest BCUT2D eigenvalue weighted by Crippen LogP contribution is 2.19. The summed E-state index contributed by atoms with van der Waals surface area (Å²) in [7, 11) is 3.18. The Morgan fingerprint density at radius 3 is 2.95 bits per heavy atom. The molecule has 1 amide bonds. The fourth-order valence-electron chi connectivity index (χ4n) is 2.34. The Hall–Kier alpha value is -1.62. The Labute approximate surface area is 112 Å². The molecule has 0 radical (unpaired) electrons. The van der Waals surface area contributed by atoms with Crippen molar-refractivity contribution in [1.82, 2.24) is 10.2 Å². The Kier molecular flexibility index (Phi) is 4.37. The zero-order valence-corrected chi connectivity index (χ0v) is 11.3. The van der Waals surface area contributed by atoms with E-state index < -0.39 is 5.82 Å². The van der Waals surface area contributed by atoms with E-state index in [2.05, 4.69) is 5.32 Å². The van der Waals surface area contributed by atoms with Crippen LogP contribution in [0.1, 0.15) is 12.0 Å². The van der Waals surface area contributed by atoms with Crippen molar-refractivity contribution in [3.8, 4) is 5.75 Å². The van der Waals surface area contributed by atoms with Crippen molar-refractivity contribution in [2.24, 2.45) is 5.92 Å². The Morgan fingerprint density at radius 1 is 1.58 bits per heavy atom. The number of hydrogen-bond donors (Lipinski definition) is 1. The quantitative estimate of drug-likeness (QED) is 0.895. The Bertz CT molecular complexity index is 459. The highest BCUT2D eigenvalue weighted by molar-refractivity contribution is 5.79. The minimum atomic E-state index is -0.400. The molecule has 1 aromatic rings. The van der Waals surface area contributed by atoms with E-state index >= 15 is 0 Å². The summed E-state index contributed by atoms with van der Waals surface area (Å²) in [4.78, 5) is 13.8. The monoisotopic (exact) mass is 266 g/mol. The highest BCUT2D eigenvalue weighted by atomic mass is 19.1. The summed E-state index contributed by atoms with van der Waals surface area (Å²) >= 11 is 0. The molecule has 0 aromatic heterocycles. The second-order valence-corrected chi connectivity index (χ2v) is 4.85. The smallest absolute Gasteiger partial charge is 0.227 e. The molecule has 0 saturated carbocycles. The summed E-state index contributed by atoms with van der Waals surface area (Å²) < 4.78 is 18.4. The molecule has 1 atom stereocenters. The van der Waals surface area contributed by atoms with Gasteiger partial charge in [0.25, 0.3) is 0 Å². The molecule has 0 spiro atoms. The number of methoxy groups -OCH3 is 1. The van der Waals surface area contributed by atoms with E-state index in [-0.39, 0.29) is 17.6 Å². The maximum Gasteiger partial charge on any atom is 0.227 e. The largest absolute Gasteiger partial charge is 0.494 e. The van der Waals surface area contributed by atoms with Crippen molar-refractivity contribution in [1.29, 1.82) is 0 Å². The molecule has 1 aliphatic rings. The number of halogens is 1. The lowest BCUT2D eigenvalue weighted by Crippen LogP contribution is -2.33. The summed E-state index contributed by atoms with van der Waals surface area (Å²) in [6.45, 7) is 2.04. The maximum absolute atomic E-state index is 13.6. The number of amides is 1. The van der Waals surface area contributed by atoms with Gasteiger partial charge < -0.3 is 15.0 Å². The van der Waals surface area contributed by atoms with E-state index in [0.29, 0.717) is 6.54 Å². The molecule has 1 heterocycles. The molecule has 0 bridgehead atoms. The number of hydrogen-bond acceptors (Lipinski definition) is 3. The van der Waals surface area contributed by atoms with Crippen LogP contribution in [0.25, 0.3) is 0 Å². The van der Waals surface area contributed by atoms with Gasteiger partial charge in [0.2, 0.25) is 5.91 Å². The van der Waals surface area contributed by atoms with Gasteiger partial charge >= 0.3 is 0 Å². The highest BCUT2D eigenvalue weighted by Gasteiger charge is 2.25. The van der Waals surface area contributed by atoms with Gasteiger partial charge in [-0.25, -0.2) is 4.39 Å². The van der Waals surface area contributed by atoms with Gasteiger partial charge in [-0.05, 0) is 30.7 Å². The zero-order valence-electron chi connectivity index (χ0n) is 11.3. The van der Waals surface area contributed by atoms with Crippen molar-refractivity contribution in [3.63, 3.8) is 0 Å². The Balaban J connectivity index is 1.99. The molecular formula is C14H19FN2O2. The van der Waals surface area contributed by atoms with Crippen LogP contribution in [-0.4, -0.2) is 38.1 Å². The van der Waals surface area contributed by atoms with Crippen LogP contribution in [0, 0.1) is 11.7 Å². The van der Waals surface area contributed by atoms with E-state index in [1.54, 1.807) is 24.1 Å². The molecular weight excluding hydrogens is 247 g/mol. The standard InChI is InChI=1S/C14H19FN2O2/c1-17(14(18)11-5-6-16-8-11)9-10-3-4-13(19-2)12(15)7-10/h3-4,7,11,16H,5-6,8-9H2,1-2H3/t11-/m1/s1. The number of ether oxygens (including phenoxy) is 1. The Morgan fingerprint density at radius 2 is 2.37 bits per heavy atom. The predicted octanol–water partition coefficient (Wildman–Crippen LogP) is 1.40. The van der Waals surface area contributed by atoms with Crippen LogP contribution >= 0.6 is 0 Å². The molecule has 1 N–H and O–H groups in total. The van der Waals surface area contributed by atoms with Crippen LogP contribution in [0.15, 0.2) is 18.2 Å². The first kappa shape index (κ1) is 13.8. The van der Waals surface area contributed by atoms with Crippen LogP contribution in [0.3, 0.4) is 0 Å². The number of benzene rings is 1. The van der Waals surface area contributed by atoms with Crippen LogP contribution in [0.2, 0.25) is 0 Å². The number of nitrogens with one attached hydrogen (secondary N) is 1. The average Bonchev–Trinajstić information content (AvgIpc) is 2.92. The molecule has 1 saturated heterocycles. The van der Waals surface area contributed by atoms with Gasteiger partial charge in [0.15, 0.2) is 11.6 Å². The van der Waals surface area contributed by atoms with E-state index in [1.165, 1.54) is 13.2 Å². The van der Waals surface area contributed by atoms with Gasteiger partial charge in [0.1, 0.15) is 0 Å². The van der Waals surface area contributed by atoms with E-state index in [1.807, 2.05) is 0 Å². The molecule has 4 nitrogen and oxygen atoms in total. The third-order valence-corrected chi connectivity index (χ3v) is 3.42. The molecule has 0 aliphatic carbocycles. The third-order valence-electron chi connectivity index (χ3n) is 3.42. The molecule has 1 fully saturated rings. The van der Waals surface area contributed by atoms with Gasteiger partial charge in [-0.2, -0.15) is 0 Å². The van der Waals surface area contributed by atoms with E-state index in [9.17, 15) is 9.18 Å². The van der Waals surface area contributed by atoms with Crippen LogP contribution < -0.4 is 10.1 Å². The van der Waals surface area contributed by atoms with Crippen molar-refractivity contribution < 1.29 is 13.9 Å². The minimum Gasteiger partial charge on any atom is -0.494 e. The molecule has 104 valence electrons. The van der Waals surface area contributed by atoms with Gasteiger partial charge in [0, 0.05) is 20.1 Å². The van der Waals surface area contributed by atoms with Crippen LogP contribution in [-0.2, 0) is 11.3 Å². The van der Waals surface area contributed by atoms with Crippen LogP contribution in [0.5, 0.6) is 5.75 Å². The SMILES string of the molecule is COc1ccc(CN(C)C(=O)[C@@H]2CCNC2)cc1F. The van der Waals surface area contributed by atoms with E-state index in [0.717, 1.165) is 25.1 Å². The fraction of sp³-hybridized carbons (Fsp3) is 0.500. The average molecular weight is 266 g/mol. The lowest BCUT2D eigenvalue weighted by molar-refractivity contribution is -0.134. The fourth-order valence-corrected chi connectivity index (χ4v) is 2.34. The summed E-state index contributed by atoms with van der Waals surface area (Å²) in [5.74, 6) is -0.0181. The number of nitrogens with zero attached hydrogens (tertiary/aromatic N) is 1. The number of carbonyl (C=O) groups excluding carboxylic acids is 1. The number of rotatable bonds is 4. The molecule has 1 aromatic carbocycles. The van der Waals surface area contributed by atoms with Crippen LogP contribution in [0.4, 0.5) is 4.39 Å². The van der Waals surface area contributed by atoms with Gasteiger partial charge in [0.05, 0.1) is 13.0 Å². The second kappa shape index (κ2) is 6.02. The summed E-state index contributed by atoms with van der Waals surface area (Å²) in [5, 5.41) is 3.17. The normalized spacial score (nSPS) is 18.4. The molecule has 19 heavy (non-hydrogen) atoms. The third kappa shape index (κ3) is 3.23. The lowest BCUT2D eigenvalue weighted by Gasteiger charge is -2.21. The summed E-state index contributed by atoms with van der Waals surface area (Å²) in [5.41, 5.74) is 0.764. The molecule has 0 unspecified atom stereocenters. The van der Waals surface area contributed by atoms with Crippen molar-refractivity contribution in [3.05, 3.63) is 29.6 Å². The first-order valence-electron chi connectivity index (χ1n) is 6.40. The van der Waals surface area contributed by atoms with Gasteiger partial charge in [-0.15, -0.1) is 0 Å². The van der Waals surface area contributed by atoms with Gasteiger partial charge in [-0.1, -0.05) is 6.07 Å². The van der Waals surface area contributed by atoms with Crippen molar-refractivity contribution >= 4 is 5.91 Å². The van der Waals surface area contributed by atoms with Gasteiger partial charge in [-0.3, -0.25) is 4.79 Å². The molecule has 1 aliphatic heterocycles. The zero-order chi connectivity index (χ0) is 13.8. The van der Waals surface area contributed by atoms with Crippen molar-refractivity contribution in [2.45, 2.75) is 13.0 Å². The lowest BCUT2D eigenvalue weighted by atomic mass is 10.1. The minimum absolute atomic E-state index is 0.0492. The van der Waals surface area contributed by atoms with E-state index in [4.69, 9.17) is 4.74 Å². The second-order valence-electron chi connectivity index (χ2n) is 4.85. The number of carbonyl (C=O) groups is 1. The molecule has 5 heteroatoms. The van der Waals surface area contributed by atoms with Crippen molar-refractivity contribution in [2.75, 3.05) is 27.2 Å².